The van der Waals surface area contributed by atoms with Crippen LogP contribution >= 0.6 is 23.4 Å². The molecule has 1 fully saturated rings. The predicted octanol–water partition coefficient (Wildman–Crippen LogP) is 3.71. The fraction of sp³-hybridized carbons (Fsp3) is 0.533. The van der Waals surface area contributed by atoms with Crippen LogP contribution in [0.15, 0.2) is 23.1 Å². The Balaban J connectivity index is 1.84. The van der Waals surface area contributed by atoms with Crippen molar-refractivity contribution >= 4 is 35.0 Å². The highest BCUT2D eigenvalue weighted by molar-refractivity contribution is 8.00. The second-order valence-corrected chi connectivity index (χ2v) is 6.84. The average Bonchev–Trinajstić information content (AvgIpc) is 2.42. The van der Waals surface area contributed by atoms with E-state index in [0.717, 1.165) is 11.3 Å². The van der Waals surface area contributed by atoms with Gasteiger partial charge in [0.1, 0.15) is 0 Å². The summed E-state index contributed by atoms with van der Waals surface area (Å²) in [5.41, 5.74) is 6.39. The van der Waals surface area contributed by atoms with E-state index in [1.807, 2.05) is 6.07 Å². The molecule has 20 heavy (non-hydrogen) atoms. The molecule has 0 radical (unpaired) electrons. The van der Waals surface area contributed by atoms with Gasteiger partial charge in [-0.25, -0.2) is 0 Å². The van der Waals surface area contributed by atoms with Gasteiger partial charge in [-0.05, 0) is 37.0 Å². The van der Waals surface area contributed by atoms with Gasteiger partial charge in [0, 0.05) is 16.6 Å². The van der Waals surface area contributed by atoms with Crippen LogP contribution < -0.4 is 11.1 Å². The van der Waals surface area contributed by atoms with Crippen LogP contribution in [-0.4, -0.2) is 17.7 Å². The Bertz CT molecular complexity index is 481. The molecular weight excluding hydrogens is 292 g/mol. The number of nitrogens with one attached hydrogen (secondary N) is 1. The highest BCUT2D eigenvalue weighted by Gasteiger charge is 2.22. The summed E-state index contributed by atoms with van der Waals surface area (Å²) in [5.74, 6) is 1.03. The second kappa shape index (κ2) is 7.23. The van der Waals surface area contributed by atoms with Gasteiger partial charge in [0.05, 0.1) is 10.8 Å². The zero-order valence-electron chi connectivity index (χ0n) is 11.7. The van der Waals surface area contributed by atoms with Crippen molar-refractivity contribution in [3.05, 3.63) is 23.2 Å². The maximum atomic E-state index is 12.0. The Morgan fingerprint density at radius 1 is 1.45 bits per heavy atom. The Morgan fingerprint density at radius 3 is 2.95 bits per heavy atom. The van der Waals surface area contributed by atoms with E-state index in [1.165, 1.54) is 31.0 Å². The minimum absolute atomic E-state index is 0.0761. The van der Waals surface area contributed by atoms with Crippen molar-refractivity contribution in [1.82, 2.24) is 5.32 Å². The third-order valence-corrected chi connectivity index (χ3v) is 5.27. The maximum absolute atomic E-state index is 12.0. The van der Waals surface area contributed by atoms with E-state index in [1.54, 1.807) is 12.1 Å². The third-order valence-electron chi connectivity index (χ3n) is 3.77. The lowest BCUT2D eigenvalue weighted by Gasteiger charge is -2.29. The zero-order chi connectivity index (χ0) is 14.5. The van der Waals surface area contributed by atoms with Crippen molar-refractivity contribution < 1.29 is 4.79 Å². The number of benzene rings is 1. The SMILES string of the molecule is CC1CCCCC1NC(=O)CSc1cc(N)ccc1Cl. The van der Waals surface area contributed by atoms with E-state index < -0.39 is 0 Å². The summed E-state index contributed by atoms with van der Waals surface area (Å²) in [6.45, 7) is 2.21. The van der Waals surface area contributed by atoms with Crippen LogP contribution in [0.1, 0.15) is 32.6 Å². The van der Waals surface area contributed by atoms with Gasteiger partial charge in [0.2, 0.25) is 5.91 Å². The molecule has 0 aromatic heterocycles. The fourth-order valence-electron chi connectivity index (χ4n) is 2.55. The van der Waals surface area contributed by atoms with E-state index in [4.69, 9.17) is 17.3 Å². The number of carbonyl (C=O) groups is 1. The van der Waals surface area contributed by atoms with Crippen molar-refractivity contribution in [2.24, 2.45) is 5.92 Å². The van der Waals surface area contributed by atoms with Crippen LogP contribution in [0.3, 0.4) is 0 Å². The van der Waals surface area contributed by atoms with E-state index in [2.05, 4.69) is 12.2 Å². The molecule has 0 heterocycles. The molecule has 2 rings (SSSR count). The summed E-state index contributed by atoms with van der Waals surface area (Å²) in [4.78, 5) is 12.9. The zero-order valence-corrected chi connectivity index (χ0v) is 13.3. The van der Waals surface area contributed by atoms with Crippen LogP contribution in [0.4, 0.5) is 5.69 Å². The van der Waals surface area contributed by atoms with E-state index in [0.29, 0.717) is 28.4 Å². The molecule has 3 nitrogen and oxygen atoms in total. The van der Waals surface area contributed by atoms with Gasteiger partial charge >= 0.3 is 0 Å². The Kier molecular flexibility index (Phi) is 5.61. The van der Waals surface area contributed by atoms with Crippen LogP contribution in [0.5, 0.6) is 0 Å². The van der Waals surface area contributed by atoms with Crippen molar-refractivity contribution in [2.75, 3.05) is 11.5 Å². The monoisotopic (exact) mass is 312 g/mol. The number of amides is 1. The second-order valence-electron chi connectivity index (χ2n) is 5.41. The molecule has 0 saturated heterocycles. The number of thioether (sulfide) groups is 1. The third kappa shape index (κ3) is 4.32. The highest BCUT2D eigenvalue weighted by atomic mass is 35.5. The first-order chi connectivity index (χ1) is 9.56. The van der Waals surface area contributed by atoms with Gasteiger partial charge in [0.15, 0.2) is 0 Å². The minimum Gasteiger partial charge on any atom is -0.399 e. The molecule has 0 spiro atoms. The molecule has 0 aliphatic heterocycles. The Morgan fingerprint density at radius 2 is 2.20 bits per heavy atom. The van der Waals surface area contributed by atoms with Crippen LogP contribution in [0, 0.1) is 5.92 Å². The van der Waals surface area contributed by atoms with Crippen molar-refractivity contribution in [3.63, 3.8) is 0 Å². The molecule has 110 valence electrons. The normalized spacial score (nSPS) is 22.5. The number of nitrogen functional groups attached to an aromatic ring is 1. The average molecular weight is 313 g/mol. The Hall–Kier alpha value is -0.870. The highest BCUT2D eigenvalue weighted by Crippen LogP contribution is 2.29. The molecule has 1 aliphatic rings. The lowest BCUT2D eigenvalue weighted by molar-refractivity contribution is -0.119. The molecule has 1 aromatic rings. The van der Waals surface area contributed by atoms with Gasteiger partial charge in [-0.1, -0.05) is 31.4 Å². The molecule has 1 saturated carbocycles. The molecule has 5 heteroatoms. The summed E-state index contributed by atoms with van der Waals surface area (Å²) in [6.07, 6.45) is 4.79. The maximum Gasteiger partial charge on any atom is 0.230 e. The van der Waals surface area contributed by atoms with Crippen LogP contribution in [-0.2, 0) is 4.79 Å². The number of hydrogen-bond acceptors (Lipinski definition) is 3. The van der Waals surface area contributed by atoms with Crippen molar-refractivity contribution in [2.45, 2.75) is 43.5 Å². The van der Waals surface area contributed by atoms with E-state index in [-0.39, 0.29) is 5.91 Å². The topological polar surface area (TPSA) is 55.1 Å². The van der Waals surface area contributed by atoms with Gasteiger partial charge in [-0.15, -0.1) is 11.8 Å². The van der Waals surface area contributed by atoms with Gasteiger partial charge in [0.25, 0.3) is 0 Å². The molecule has 1 aromatic carbocycles. The van der Waals surface area contributed by atoms with E-state index >= 15 is 0 Å². The number of halogens is 1. The summed E-state index contributed by atoms with van der Waals surface area (Å²) < 4.78 is 0. The predicted molar refractivity (Wildman–Crippen MR) is 86.2 cm³/mol. The first kappa shape index (κ1) is 15.5. The molecule has 0 bridgehead atoms. The lowest BCUT2D eigenvalue weighted by atomic mass is 9.86. The van der Waals surface area contributed by atoms with Crippen LogP contribution in [0.25, 0.3) is 0 Å². The minimum atomic E-state index is 0.0761. The van der Waals surface area contributed by atoms with Gasteiger partial charge < -0.3 is 11.1 Å². The van der Waals surface area contributed by atoms with E-state index in [9.17, 15) is 4.79 Å². The number of nitrogens with two attached hydrogens (primary N) is 1. The van der Waals surface area contributed by atoms with Gasteiger partial charge in [-0.3, -0.25) is 4.79 Å². The van der Waals surface area contributed by atoms with Crippen molar-refractivity contribution in [3.8, 4) is 0 Å². The largest absolute Gasteiger partial charge is 0.399 e. The quantitative estimate of drug-likeness (QED) is 0.658. The first-order valence-electron chi connectivity index (χ1n) is 7.03. The number of carbonyl (C=O) groups excluding carboxylic acids is 1. The smallest absolute Gasteiger partial charge is 0.230 e. The van der Waals surface area contributed by atoms with Gasteiger partial charge in [-0.2, -0.15) is 0 Å². The van der Waals surface area contributed by atoms with Crippen LogP contribution in [0.2, 0.25) is 5.02 Å². The Labute approximate surface area is 129 Å². The first-order valence-corrected chi connectivity index (χ1v) is 8.40. The molecule has 2 atom stereocenters. The molecular formula is C15H21ClN2OS. The number of rotatable bonds is 4. The number of anilines is 1. The molecule has 3 N–H and O–H groups in total. The molecule has 2 unspecified atom stereocenters. The summed E-state index contributed by atoms with van der Waals surface area (Å²) >= 11 is 7.52. The summed E-state index contributed by atoms with van der Waals surface area (Å²) in [6, 6.07) is 5.66. The molecule has 1 aliphatic carbocycles. The molecule has 1 amide bonds. The summed E-state index contributed by atoms with van der Waals surface area (Å²) in [7, 11) is 0. The lowest BCUT2D eigenvalue weighted by Crippen LogP contribution is -2.41. The summed E-state index contributed by atoms with van der Waals surface area (Å²) in [5, 5.41) is 3.78. The number of hydrogen-bond donors (Lipinski definition) is 2. The van der Waals surface area contributed by atoms with Crippen molar-refractivity contribution in [1.29, 1.82) is 0 Å². The standard InChI is InChI=1S/C15H21ClN2OS/c1-10-4-2-3-5-13(10)18-15(19)9-20-14-8-11(17)6-7-12(14)16/h6-8,10,13H,2-5,9,17H2,1H3,(H,18,19). The fourth-order valence-corrected chi connectivity index (χ4v) is 3.63.